The van der Waals surface area contributed by atoms with Crippen molar-refractivity contribution in [2.24, 2.45) is 0 Å². The van der Waals surface area contributed by atoms with Gasteiger partial charge in [0.2, 0.25) is 0 Å². The van der Waals surface area contributed by atoms with Crippen molar-refractivity contribution in [3.63, 3.8) is 0 Å². The summed E-state index contributed by atoms with van der Waals surface area (Å²) in [5.74, 6) is 0.884. The van der Waals surface area contributed by atoms with Crippen molar-refractivity contribution in [2.75, 3.05) is 31.6 Å². The Hall–Kier alpha value is -2.29. The van der Waals surface area contributed by atoms with Crippen LogP contribution in [0.15, 0.2) is 48.8 Å². The van der Waals surface area contributed by atoms with Crippen LogP contribution >= 0.6 is 37.2 Å². The average molecular weight is 517 g/mol. The molecule has 33 heavy (non-hydrogen) atoms. The van der Waals surface area contributed by atoms with Gasteiger partial charge in [-0.1, -0.05) is 13.8 Å². The molecule has 0 aliphatic heterocycles. The summed E-state index contributed by atoms with van der Waals surface area (Å²) in [4.78, 5) is 14.6. The molecule has 7 nitrogen and oxygen atoms in total. The summed E-state index contributed by atoms with van der Waals surface area (Å²) in [6, 6.07) is 14.2. The fraction of sp³-hybridized carbons (Fsp3) is 0.304. The first-order valence-electron chi connectivity index (χ1n) is 10.1. The number of aromatic nitrogens is 3. The SMILES string of the molecule is CCN(CC)CCOc1ccc(Nc2cc(C)nc3ccc4nc[nH]c4c23)cc1.Cl.Cl.Cl.O. The lowest BCUT2D eigenvalue weighted by Gasteiger charge is -2.18. The van der Waals surface area contributed by atoms with Crippen molar-refractivity contribution in [3.8, 4) is 5.75 Å². The van der Waals surface area contributed by atoms with E-state index in [9.17, 15) is 0 Å². The monoisotopic (exact) mass is 515 g/mol. The van der Waals surface area contributed by atoms with Crippen molar-refractivity contribution < 1.29 is 10.2 Å². The van der Waals surface area contributed by atoms with Gasteiger partial charge >= 0.3 is 0 Å². The molecule has 0 spiro atoms. The quantitative estimate of drug-likeness (QED) is 0.330. The van der Waals surface area contributed by atoms with E-state index in [1.807, 2.05) is 43.3 Å². The molecule has 0 saturated heterocycles. The predicted molar refractivity (Wildman–Crippen MR) is 144 cm³/mol. The molecule has 2 aromatic carbocycles. The number of likely N-dealkylation sites (N-methyl/N-ethyl adjacent to an activating group) is 1. The van der Waals surface area contributed by atoms with Crippen molar-refractivity contribution >= 4 is 70.5 Å². The standard InChI is InChI=1S/C23H27N5O.3ClH.H2O/c1-4-28(5-2)12-13-29-18-8-6-17(7-9-18)27-21-14-16(3)26-19-10-11-20-23(22(19)21)25-15-24-20;;;;/h6-11,14-15H,4-5,12-13H2,1-3H3,(H,24,25)(H,26,27);3*1H;1H2. The van der Waals surface area contributed by atoms with Crippen LogP contribution in [-0.2, 0) is 0 Å². The van der Waals surface area contributed by atoms with Crippen LogP contribution in [0.1, 0.15) is 19.5 Å². The Labute approximate surface area is 212 Å². The highest BCUT2D eigenvalue weighted by atomic mass is 35.5. The van der Waals surface area contributed by atoms with E-state index in [0.29, 0.717) is 6.61 Å². The maximum absolute atomic E-state index is 5.89. The minimum Gasteiger partial charge on any atom is -0.492 e. The third-order valence-corrected chi connectivity index (χ3v) is 5.20. The number of hydrogen-bond acceptors (Lipinski definition) is 5. The van der Waals surface area contributed by atoms with Crippen LogP contribution in [0, 0.1) is 6.92 Å². The minimum absolute atomic E-state index is 0. The fourth-order valence-corrected chi connectivity index (χ4v) is 3.59. The molecule has 0 unspecified atom stereocenters. The van der Waals surface area contributed by atoms with E-state index in [1.165, 1.54) is 0 Å². The molecule has 0 aliphatic rings. The lowest BCUT2D eigenvalue weighted by molar-refractivity contribution is 0.223. The maximum atomic E-state index is 5.89. The van der Waals surface area contributed by atoms with E-state index in [2.05, 4.69) is 45.1 Å². The van der Waals surface area contributed by atoms with E-state index in [0.717, 1.165) is 64.4 Å². The van der Waals surface area contributed by atoms with Crippen LogP contribution in [-0.4, -0.2) is 51.6 Å². The number of rotatable bonds is 8. The first kappa shape index (κ1) is 30.7. The molecule has 2 heterocycles. The van der Waals surface area contributed by atoms with Crippen LogP contribution in [0.2, 0.25) is 0 Å². The lowest BCUT2D eigenvalue weighted by Crippen LogP contribution is -2.27. The topological polar surface area (TPSA) is 97.6 Å². The van der Waals surface area contributed by atoms with E-state index < -0.39 is 0 Å². The first-order chi connectivity index (χ1) is 14.2. The number of benzene rings is 2. The van der Waals surface area contributed by atoms with Crippen LogP contribution in [0.25, 0.3) is 21.9 Å². The summed E-state index contributed by atoms with van der Waals surface area (Å²) in [5.41, 5.74) is 5.86. The van der Waals surface area contributed by atoms with E-state index in [-0.39, 0.29) is 42.7 Å². The number of halogens is 3. The number of fused-ring (bicyclic) bond motifs is 3. The second-order valence-electron chi connectivity index (χ2n) is 7.09. The smallest absolute Gasteiger partial charge is 0.119 e. The molecule has 0 atom stereocenters. The summed E-state index contributed by atoms with van der Waals surface area (Å²) >= 11 is 0. The largest absolute Gasteiger partial charge is 0.492 e. The third kappa shape index (κ3) is 7.09. The molecule has 4 N–H and O–H groups in total. The lowest BCUT2D eigenvalue weighted by atomic mass is 10.1. The number of imidazole rings is 1. The molecule has 4 rings (SSSR count). The average Bonchev–Trinajstić information content (AvgIpc) is 3.21. The van der Waals surface area contributed by atoms with Gasteiger partial charge in [0.1, 0.15) is 12.4 Å². The number of H-pyrrole nitrogens is 1. The number of aromatic amines is 1. The van der Waals surface area contributed by atoms with Crippen molar-refractivity contribution in [2.45, 2.75) is 20.8 Å². The molecule has 4 aromatic rings. The molecule has 0 saturated carbocycles. The highest BCUT2D eigenvalue weighted by molar-refractivity contribution is 6.10. The number of aryl methyl sites for hydroxylation is 1. The van der Waals surface area contributed by atoms with Gasteiger partial charge in [0.25, 0.3) is 0 Å². The second kappa shape index (κ2) is 14.1. The van der Waals surface area contributed by atoms with Gasteiger partial charge < -0.3 is 25.4 Å². The molecule has 0 aliphatic carbocycles. The van der Waals surface area contributed by atoms with Gasteiger partial charge in [-0.3, -0.25) is 4.98 Å². The zero-order chi connectivity index (χ0) is 20.2. The Morgan fingerprint density at radius 3 is 2.30 bits per heavy atom. The minimum atomic E-state index is 0. The summed E-state index contributed by atoms with van der Waals surface area (Å²) < 4.78 is 5.89. The van der Waals surface area contributed by atoms with Gasteiger partial charge in [-0.15, -0.1) is 37.2 Å². The number of nitrogens with zero attached hydrogens (tertiary/aromatic N) is 3. The highest BCUT2D eigenvalue weighted by Gasteiger charge is 2.10. The molecule has 0 fully saturated rings. The van der Waals surface area contributed by atoms with E-state index in [4.69, 9.17) is 4.74 Å². The Morgan fingerprint density at radius 2 is 1.64 bits per heavy atom. The van der Waals surface area contributed by atoms with Crippen LogP contribution in [0.5, 0.6) is 5.75 Å². The highest BCUT2D eigenvalue weighted by Crippen LogP contribution is 2.31. The molecular formula is C23H32Cl3N5O2. The second-order valence-corrected chi connectivity index (χ2v) is 7.09. The number of ether oxygens (including phenoxy) is 1. The van der Waals surface area contributed by atoms with Crippen LogP contribution < -0.4 is 10.1 Å². The van der Waals surface area contributed by atoms with Crippen LogP contribution in [0.4, 0.5) is 11.4 Å². The first-order valence-corrected chi connectivity index (χ1v) is 10.1. The Bertz CT molecular complexity index is 1120. The molecule has 182 valence electrons. The number of hydrogen-bond donors (Lipinski definition) is 2. The number of nitrogens with one attached hydrogen (secondary N) is 2. The van der Waals surface area contributed by atoms with Gasteiger partial charge in [-0.2, -0.15) is 0 Å². The van der Waals surface area contributed by atoms with Gasteiger partial charge in [-0.25, -0.2) is 4.98 Å². The van der Waals surface area contributed by atoms with Gasteiger partial charge in [0.15, 0.2) is 0 Å². The molecule has 10 heteroatoms. The van der Waals surface area contributed by atoms with Gasteiger partial charge in [0.05, 0.1) is 28.6 Å². The van der Waals surface area contributed by atoms with E-state index >= 15 is 0 Å². The molecule has 0 bridgehead atoms. The van der Waals surface area contributed by atoms with Crippen molar-refractivity contribution in [1.82, 2.24) is 19.9 Å². The summed E-state index contributed by atoms with van der Waals surface area (Å²) in [6.45, 7) is 10.1. The number of pyridine rings is 1. The summed E-state index contributed by atoms with van der Waals surface area (Å²) in [6.07, 6.45) is 1.72. The van der Waals surface area contributed by atoms with E-state index in [1.54, 1.807) is 6.33 Å². The Morgan fingerprint density at radius 1 is 0.970 bits per heavy atom. The Kier molecular flexibility index (Phi) is 13.1. The zero-order valence-electron chi connectivity index (χ0n) is 18.9. The predicted octanol–water partition coefficient (Wildman–Crippen LogP) is 5.32. The van der Waals surface area contributed by atoms with Crippen molar-refractivity contribution in [1.29, 1.82) is 0 Å². The molecular weight excluding hydrogens is 485 g/mol. The molecule has 0 amide bonds. The van der Waals surface area contributed by atoms with Gasteiger partial charge in [0, 0.05) is 23.3 Å². The van der Waals surface area contributed by atoms with Crippen molar-refractivity contribution in [3.05, 3.63) is 54.5 Å². The number of anilines is 2. The third-order valence-electron chi connectivity index (χ3n) is 5.20. The van der Waals surface area contributed by atoms with Crippen LogP contribution in [0.3, 0.4) is 0 Å². The summed E-state index contributed by atoms with van der Waals surface area (Å²) in [7, 11) is 0. The summed E-state index contributed by atoms with van der Waals surface area (Å²) in [5, 5.41) is 4.58. The molecule has 2 aromatic heterocycles. The normalized spacial score (nSPS) is 10.1. The maximum Gasteiger partial charge on any atom is 0.119 e. The molecule has 0 radical (unpaired) electrons. The fourth-order valence-electron chi connectivity index (χ4n) is 3.59. The Balaban J connectivity index is 0.00000256. The zero-order valence-corrected chi connectivity index (χ0v) is 21.4. The van der Waals surface area contributed by atoms with Gasteiger partial charge in [-0.05, 0) is 62.5 Å².